The van der Waals surface area contributed by atoms with Gasteiger partial charge in [-0.2, -0.15) is 5.10 Å². The number of H-pyrrole nitrogens is 1. The molecule has 1 amide bonds. The lowest BCUT2D eigenvalue weighted by atomic mass is 9.94. The second-order valence-corrected chi connectivity index (χ2v) is 7.02. The number of amides is 1. The number of carbonyl (C=O) groups excluding carboxylic acids is 1. The molecule has 3 aromatic heterocycles. The monoisotopic (exact) mass is 357 g/mol. The van der Waals surface area contributed by atoms with E-state index in [1.54, 1.807) is 6.20 Å². The molecule has 0 unspecified atom stereocenters. The lowest BCUT2D eigenvalue weighted by molar-refractivity contribution is 0.0700. The quantitative estimate of drug-likeness (QED) is 0.595. The van der Waals surface area contributed by atoms with Crippen LogP contribution in [0.15, 0.2) is 54.7 Å². The van der Waals surface area contributed by atoms with Crippen molar-refractivity contribution >= 4 is 27.8 Å². The molecule has 1 aliphatic heterocycles. The maximum Gasteiger partial charge on any atom is 0.272 e. The van der Waals surface area contributed by atoms with E-state index in [4.69, 9.17) is 4.98 Å². The van der Waals surface area contributed by atoms with E-state index in [0.29, 0.717) is 12.2 Å². The van der Waals surface area contributed by atoms with Crippen LogP contribution in [0.1, 0.15) is 34.9 Å². The van der Waals surface area contributed by atoms with Crippen LogP contribution in [0, 0.1) is 0 Å². The maximum absolute atomic E-state index is 13.0. The number of fused-ring (bicyclic) bond motifs is 2. The number of nitrogens with one attached hydrogen (secondary N) is 1. The second-order valence-electron chi connectivity index (χ2n) is 7.02. The summed E-state index contributed by atoms with van der Waals surface area (Å²) >= 11 is 0. The van der Waals surface area contributed by atoms with Gasteiger partial charge in [0, 0.05) is 35.5 Å². The van der Waals surface area contributed by atoms with Crippen LogP contribution >= 0.6 is 0 Å². The molecule has 6 nitrogen and oxygen atoms in total. The molecule has 0 radical (unpaired) electrons. The first-order chi connectivity index (χ1) is 13.3. The predicted octanol–water partition coefficient (Wildman–Crippen LogP) is 3.53. The number of para-hydroxylation sites is 1. The van der Waals surface area contributed by atoms with Crippen LogP contribution in [-0.2, 0) is 0 Å². The average Bonchev–Trinajstić information content (AvgIpc) is 3.21. The number of nitrogens with zero attached hydrogens (tertiary/aromatic N) is 4. The molecule has 0 bridgehead atoms. The molecule has 1 atom stereocenters. The first kappa shape index (κ1) is 15.9. The predicted molar refractivity (Wildman–Crippen MR) is 104 cm³/mol. The van der Waals surface area contributed by atoms with Gasteiger partial charge in [0.2, 0.25) is 0 Å². The van der Waals surface area contributed by atoms with Gasteiger partial charge in [0.05, 0.1) is 11.7 Å². The van der Waals surface area contributed by atoms with E-state index in [1.165, 1.54) is 0 Å². The van der Waals surface area contributed by atoms with E-state index < -0.39 is 0 Å². The lowest BCUT2D eigenvalue weighted by Crippen LogP contribution is -2.39. The normalized spacial score (nSPS) is 17.5. The van der Waals surface area contributed by atoms with Crippen molar-refractivity contribution < 1.29 is 4.79 Å². The Balaban J connectivity index is 1.39. The summed E-state index contributed by atoms with van der Waals surface area (Å²) in [7, 11) is 0. The molecule has 1 saturated heterocycles. The zero-order valence-electron chi connectivity index (χ0n) is 14.8. The summed E-state index contributed by atoms with van der Waals surface area (Å²) in [5.74, 6) is 0.226. The van der Waals surface area contributed by atoms with Gasteiger partial charge in [0.1, 0.15) is 5.69 Å². The summed E-state index contributed by atoms with van der Waals surface area (Å²) in [6, 6.07) is 15.7. The van der Waals surface area contributed by atoms with Gasteiger partial charge < -0.3 is 4.90 Å². The van der Waals surface area contributed by atoms with Gasteiger partial charge in [-0.15, -0.1) is 0 Å². The molecule has 134 valence electrons. The molecule has 1 N–H and O–H groups in total. The highest BCUT2D eigenvalue weighted by atomic mass is 16.2. The van der Waals surface area contributed by atoms with Crippen molar-refractivity contribution in [3.63, 3.8) is 0 Å². The van der Waals surface area contributed by atoms with Crippen LogP contribution in [0.4, 0.5) is 0 Å². The minimum Gasteiger partial charge on any atom is -0.337 e. The fraction of sp³-hybridized carbons (Fsp3) is 0.238. The van der Waals surface area contributed by atoms with Crippen molar-refractivity contribution in [2.45, 2.75) is 18.8 Å². The van der Waals surface area contributed by atoms with Crippen LogP contribution in [0.3, 0.4) is 0 Å². The summed E-state index contributed by atoms with van der Waals surface area (Å²) in [5.41, 5.74) is 3.16. The molecule has 1 fully saturated rings. The van der Waals surface area contributed by atoms with Gasteiger partial charge in [0.25, 0.3) is 5.91 Å². The number of hydrogen-bond acceptors (Lipinski definition) is 4. The van der Waals surface area contributed by atoms with Crippen molar-refractivity contribution in [2.24, 2.45) is 0 Å². The molecule has 1 aromatic carbocycles. The topological polar surface area (TPSA) is 74.8 Å². The third-order valence-corrected chi connectivity index (χ3v) is 5.27. The van der Waals surface area contributed by atoms with E-state index in [-0.39, 0.29) is 11.8 Å². The Morgan fingerprint density at radius 1 is 1.04 bits per heavy atom. The fourth-order valence-corrected chi connectivity index (χ4v) is 3.82. The fourth-order valence-electron chi connectivity index (χ4n) is 3.82. The van der Waals surface area contributed by atoms with Gasteiger partial charge >= 0.3 is 0 Å². The number of piperidine rings is 1. The number of hydrogen-bond donors (Lipinski definition) is 1. The molecule has 4 heterocycles. The summed E-state index contributed by atoms with van der Waals surface area (Å²) in [6.07, 6.45) is 3.77. The molecule has 4 aromatic rings. The van der Waals surface area contributed by atoms with E-state index in [2.05, 4.69) is 15.2 Å². The highest BCUT2D eigenvalue weighted by Crippen LogP contribution is 2.27. The Morgan fingerprint density at radius 2 is 1.93 bits per heavy atom. The zero-order valence-corrected chi connectivity index (χ0v) is 14.8. The number of aromatic nitrogens is 4. The second kappa shape index (κ2) is 6.46. The smallest absolute Gasteiger partial charge is 0.272 e. The van der Waals surface area contributed by atoms with Crippen LogP contribution in [0.5, 0.6) is 0 Å². The molecule has 6 heteroatoms. The van der Waals surface area contributed by atoms with Crippen LogP contribution in [0.25, 0.3) is 21.9 Å². The van der Waals surface area contributed by atoms with Crippen molar-refractivity contribution in [2.75, 3.05) is 13.1 Å². The third-order valence-electron chi connectivity index (χ3n) is 5.27. The van der Waals surface area contributed by atoms with Crippen molar-refractivity contribution in [3.8, 4) is 0 Å². The van der Waals surface area contributed by atoms with Crippen molar-refractivity contribution in [1.82, 2.24) is 25.1 Å². The Kier molecular flexibility index (Phi) is 3.81. The highest BCUT2D eigenvalue weighted by molar-refractivity contribution is 5.95. The maximum atomic E-state index is 13.0. The van der Waals surface area contributed by atoms with Gasteiger partial charge in [-0.25, -0.2) is 9.97 Å². The van der Waals surface area contributed by atoms with E-state index in [9.17, 15) is 4.79 Å². The Labute approximate surface area is 156 Å². The van der Waals surface area contributed by atoms with Gasteiger partial charge in [0.15, 0.2) is 5.65 Å². The molecule has 1 aliphatic rings. The van der Waals surface area contributed by atoms with Gasteiger partial charge in [-0.1, -0.05) is 24.3 Å². The minimum atomic E-state index is -0.00642. The number of aromatic amines is 1. The van der Waals surface area contributed by atoms with Crippen molar-refractivity contribution in [1.29, 1.82) is 0 Å². The molecular weight excluding hydrogens is 338 g/mol. The summed E-state index contributed by atoms with van der Waals surface area (Å²) < 4.78 is 0. The first-order valence-electron chi connectivity index (χ1n) is 9.23. The standard InChI is InChI=1S/C21H19N5O/c27-21(19-10-7-14-4-1-2-6-17(14)23-19)26-11-3-5-16(13-26)18-9-8-15-12-22-25-20(15)24-18/h1-2,4,6-10,12,16H,3,5,11,13H2,(H,22,24,25)/t16-/m0/s1. The van der Waals surface area contributed by atoms with Crippen LogP contribution in [0.2, 0.25) is 0 Å². The Bertz CT molecular complexity index is 1140. The van der Waals surface area contributed by atoms with E-state index >= 15 is 0 Å². The largest absolute Gasteiger partial charge is 0.337 e. The lowest BCUT2D eigenvalue weighted by Gasteiger charge is -2.32. The number of benzene rings is 1. The van der Waals surface area contributed by atoms with E-state index in [1.807, 2.05) is 53.4 Å². The molecule has 0 aliphatic carbocycles. The number of carbonyl (C=O) groups is 1. The number of likely N-dealkylation sites (tertiary alicyclic amines) is 1. The Hall–Kier alpha value is -3.28. The summed E-state index contributed by atoms with van der Waals surface area (Å²) in [5, 5.41) is 9.01. The molecule has 27 heavy (non-hydrogen) atoms. The first-order valence-corrected chi connectivity index (χ1v) is 9.23. The van der Waals surface area contributed by atoms with Crippen LogP contribution in [-0.4, -0.2) is 44.1 Å². The third kappa shape index (κ3) is 2.93. The average molecular weight is 357 g/mol. The van der Waals surface area contributed by atoms with Crippen molar-refractivity contribution in [3.05, 3.63) is 66.1 Å². The van der Waals surface area contributed by atoms with Crippen LogP contribution < -0.4 is 0 Å². The van der Waals surface area contributed by atoms with E-state index in [0.717, 1.165) is 47.0 Å². The Morgan fingerprint density at radius 3 is 2.89 bits per heavy atom. The SMILES string of the molecule is O=C(c1ccc2ccccc2n1)N1CCC[C@H](c2ccc3cn[nH]c3n2)C1. The molecule has 5 rings (SSSR count). The zero-order chi connectivity index (χ0) is 18.2. The summed E-state index contributed by atoms with van der Waals surface area (Å²) in [4.78, 5) is 24.2. The molecule has 0 spiro atoms. The number of pyridine rings is 2. The minimum absolute atomic E-state index is 0.00642. The number of rotatable bonds is 2. The highest BCUT2D eigenvalue weighted by Gasteiger charge is 2.27. The molecule has 0 saturated carbocycles. The summed E-state index contributed by atoms with van der Waals surface area (Å²) in [6.45, 7) is 1.43. The van der Waals surface area contributed by atoms with Gasteiger partial charge in [-0.05, 0) is 37.1 Å². The molecular formula is C21H19N5O. The van der Waals surface area contributed by atoms with Gasteiger partial charge in [-0.3, -0.25) is 9.89 Å².